The van der Waals surface area contributed by atoms with Crippen LogP contribution in [0.25, 0.3) is 0 Å². The molecular weight excluding hydrogens is 362 g/mol. The second kappa shape index (κ2) is 6.58. The lowest BCUT2D eigenvalue weighted by Gasteiger charge is -2.26. The number of esters is 3. The maximum absolute atomic E-state index is 12.7. The SMILES string of the molecule is CCOC(=O)[C@@H]1[C@H]2[C@]13C(C[C@]2(N)C(=O)OCC)C3C(=O)OCc1ccccc1. The van der Waals surface area contributed by atoms with Crippen LogP contribution < -0.4 is 5.73 Å². The molecule has 6 atom stereocenters. The van der Waals surface area contributed by atoms with Crippen molar-refractivity contribution < 1.29 is 28.6 Å². The van der Waals surface area contributed by atoms with Crippen molar-refractivity contribution in [3.63, 3.8) is 0 Å². The van der Waals surface area contributed by atoms with Crippen LogP contribution in [0, 0.1) is 29.1 Å². The van der Waals surface area contributed by atoms with Crippen molar-refractivity contribution in [2.24, 2.45) is 34.8 Å². The van der Waals surface area contributed by atoms with E-state index in [4.69, 9.17) is 19.9 Å². The minimum Gasteiger partial charge on any atom is -0.466 e. The van der Waals surface area contributed by atoms with Gasteiger partial charge in [0.25, 0.3) is 0 Å². The van der Waals surface area contributed by atoms with Gasteiger partial charge in [-0.05, 0) is 31.7 Å². The maximum atomic E-state index is 12.7. The molecule has 3 aliphatic rings. The van der Waals surface area contributed by atoms with Gasteiger partial charge in [-0.15, -0.1) is 0 Å². The quantitative estimate of drug-likeness (QED) is 0.557. The average Bonchev–Trinajstić information content (AvgIpc) is 3.52. The number of carbonyl (C=O) groups is 3. The first-order valence-corrected chi connectivity index (χ1v) is 9.76. The monoisotopic (exact) mass is 387 g/mol. The number of hydrogen-bond acceptors (Lipinski definition) is 7. The van der Waals surface area contributed by atoms with Crippen LogP contribution in [0.2, 0.25) is 0 Å². The molecule has 7 nitrogen and oxygen atoms in total. The van der Waals surface area contributed by atoms with Gasteiger partial charge in [0, 0.05) is 11.3 Å². The molecule has 3 aliphatic carbocycles. The molecule has 1 aromatic carbocycles. The number of rotatable bonds is 7. The van der Waals surface area contributed by atoms with Crippen molar-refractivity contribution in [2.45, 2.75) is 32.4 Å². The van der Waals surface area contributed by atoms with Gasteiger partial charge in [0.05, 0.1) is 25.0 Å². The summed E-state index contributed by atoms with van der Waals surface area (Å²) in [5.74, 6) is -2.78. The Hall–Kier alpha value is -2.41. The van der Waals surface area contributed by atoms with Crippen LogP contribution in [-0.4, -0.2) is 36.7 Å². The fourth-order valence-electron chi connectivity index (χ4n) is 5.54. The third-order valence-corrected chi connectivity index (χ3v) is 6.56. The van der Waals surface area contributed by atoms with E-state index in [0.29, 0.717) is 6.42 Å². The summed E-state index contributed by atoms with van der Waals surface area (Å²) in [7, 11) is 0. The lowest BCUT2D eigenvalue weighted by Crippen LogP contribution is -2.52. The van der Waals surface area contributed by atoms with Crippen molar-refractivity contribution in [1.29, 1.82) is 0 Å². The highest BCUT2D eigenvalue weighted by atomic mass is 16.5. The van der Waals surface area contributed by atoms with Gasteiger partial charge < -0.3 is 19.9 Å². The maximum Gasteiger partial charge on any atom is 0.326 e. The van der Waals surface area contributed by atoms with Crippen LogP contribution >= 0.6 is 0 Å². The molecule has 3 fully saturated rings. The van der Waals surface area contributed by atoms with Crippen LogP contribution in [-0.2, 0) is 35.2 Å². The highest BCUT2D eigenvalue weighted by Crippen LogP contribution is 2.90. The highest BCUT2D eigenvalue weighted by Gasteiger charge is 2.97. The van der Waals surface area contributed by atoms with E-state index in [1.807, 2.05) is 30.3 Å². The summed E-state index contributed by atoms with van der Waals surface area (Å²) < 4.78 is 15.8. The Kier molecular flexibility index (Phi) is 4.45. The fourth-order valence-corrected chi connectivity index (χ4v) is 5.54. The Bertz CT molecular complexity index is 810. The van der Waals surface area contributed by atoms with Crippen LogP contribution in [0.3, 0.4) is 0 Å². The largest absolute Gasteiger partial charge is 0.466 e. The summed E-state index contributed by atoms with van der Waals surface area (Å²) in [6.45, 7) is 4.08. The summed E-state index contributed by atoms with van der Waals surface area (Å²) in [6, 6.07) is 9.41. The highest BCUT2D eigenvalue weighted by molar-refractivity contribution is 5.94. The lowest BCUT2D eigenvalue weighted by molar-refractivity contribution is -0.153. The summed E-state index contributed by atoms with van der Waals surface area (Å²) in [5, 5.41) is 0. The third-order valence-electron chi connectivity index (χ3n) is 6.56. The molecule has 0 bridgehead atoms. The van der Waals surface area contributed by atoms with E-state index in [1.54, 1.807) is 13.8 Å². The van der Waals surface area contributed by atoms with Crippen molar-refractivity contribution >= 4 is 17.9 Å². The summed E-state index contributed by atoms with van der Waals surface area (Å²) in [6.07, 6.45) is 0.331. The lowest BCUT2D eigenvalue weighted by atomic mass is 9.88. The Labute approximate surface area is 163 Å². The number of nitrogens with two attached hydrogens (primary N) is 1. The number of benzene rings is 1. The standard InChI is InChI=1S/C21H25NO6/c1-3-26-18(24)15-16-20(22,19(25)27-4-2)10-13-14(21(13,15)16)17(23)28-11-12-8-6-5-7-9-12/h5-9,13-16H,3-4,10-11,22H2,1-2H3/t13?,14?,15-,16+,20+,21-/m0/s1. The van der Waals surface area contributed by atoms with E-state index >= 15 is 0 Å². The molecule has 0 aromatic heterocycles. The van der Waals surface area contributed by atoms with Gasteiger partial charge in [0.15, 0.2) is 0 Å². The topological polar surface area (TPSA) is 105 Å². The van der Waals surface area contributed by atoms with Crippen LogP contribution in [0.4, 0.5) is 0 Å². The molecule has 4 rings (SSSR count). The van der Waals surface area contributed by atoms with E-state index in [0.717, 1.165) is 5.56 Å². The molecule has 150 valence electrons. The molecule has 1 spiro atoms. The van der Waals surface area contributed by atoms with Crippen LogP contribution in [0.1, 0.15) is 25.8 Å². The van der Waals surface area contributed by atoms with Gasteiger partial charge in [-0.2, -0.15) is 0 Å². The molecule has 7 heteroatoms. The van der Waals surface area contributed by atoms with Crippen LogP contribution in [0.15, 0.2) is 30.3 Å². The molecule has 2 N–H and O–H groups in total. The zero-order valence-electron chi connectivity index (χ0n) is 16.1. The smallest absolute Gasteiger partial charge is 0.326 e. The number of carbonyl (C=O) groups excluding carboxylic acids is 3. The molecule has 0 amide bonds. The first-order chi connectivity index (χ1) is 13.4. The molecule has 0 saturated heterocycles. The summed E-state index contributed by atoms with van der Waals surface area (Å²) in [4.78, 5) is 37.7. The van der Waals surface area contributed by atoms with Gasteiger partial charge in [-0.25, -0.2) is 0 Å². The second-order valence-electron chi connectivity index (χ2n) is 7.85. The van der Waals surface area contributed by atoms with Crippen LogP contribution in [0.5, 0.6) is 0 Å². The predicted octanol–water partition coefficient (Wildman–Crippen LogP) is 1.44. The normalized spacial score (nSPS) is 36.7. The van der Waals surface area contributed by atoms with Crippen molar-refractivity contribution in [2.75, 3.05) is 13.2 Å². The Balaban J connectivity index is 1.50. The average molecular weight is 387 g/mol. The van der Waals surface area contributed by atoms with E-state index in [1.165, 1.54) is 0 Å². The predicted molar refractivity (Wildman–Crippen MR) is 97.4 cm³/mol. The molecular formula is C21H25NO6. The molecule has 0 radical (unpaired) electrons. The minimum atomic E-state index is -1.24. The van der Waals surface area contributed by atoms with Gasteiger partial charge in [-0.1, -0.05) is 30.3 Å². The zero-order valence-corrected chi connectivity index (χ0v) is 16.1. The second-order valence-corrected chi connectivity index (χ2v) is 7.85. The first-order valence-electron chi connectivity index (χ1n) is 9.76. The van der Waals surface area contributed by atoms with E-state index in [-0.39, 0.29) is 31.7 Å². The first kappa shape index (κ1) is 18.9. The van der Waals surface area contributed by atoms with Crippen molar-refractivity contribution in [3.05, 3.63) is 35.9 Å². The summed E-state index contributed by atoms with van der Waals surface area (Å²) >= 11 is 0. The molecule has 0 aliphatic heterocycles. The van der Waals surface area contributed by atoms with E-state index in [2.05, 4.69) is 0 Å². The molecule has 28 heavy (non-hydrogen) atoms. The summed E-state index contributed by atoms with van der Waals surface area (Å²) in [5.41, 5.74) is 5.45. The number of ether oxygens (including phenoxy) is 3. The molecule has 1 aromatic rings. The Morgan fingerprint density at radius 3 is 2.29 bits per heavy atom. The molecule has 3 saturated carbocycles. The number of hydrogen-bond donors (Lipinski definition) is 1. The fraction of sp³-hybridized carbons (Fsp3) is 0.571. The third kappa shape index (κ3) is 2.49. The van der Waals surface area contributed by atoms with Gasteiger partial charge in [0.2, 0.25) is 0 Å². The van der Waals surface area contributed by atoms with E-state index < -0.39 is 40.6 Å². The molecule has 2 unspecified atom stereocenters. The van der Waals surface area contributed by atoms with Crippen molar-refractivity contribution in [1.82, 2.24) is 0 Å². The Morgan fingerprint density at radius 2 is 1.64 bits per heavy atom. The van der Waals surface area contributed by atoms with Gasteiger partial charge in [0.1, 0.15) is 12.1 Å². The van der Waals surface area contributed by atoms with Gasteiger partial charge in [-0.3, -0.25) is 14.4 Å². The van der Waals surface area contributed by atoms with E-state index in [9.17, 15) is 14.4 Å². The zero-order chi connectivity index (χ0) is 20.1. The minimum absolute atomic E-state index is 0.149. The van der Waals surface area contributed by atoms with Crippen molar-refractivity contribution in [3.8, 4) is 0 Å². The Morgan fingerprint density at radius 1 is 1.00 bits per heavy atom. The van der Waals surface area contributed by atoms with Gasteiger partial charge >= 0.3 is 17.9 Å². The molecule has 0 heterocycles.